The summed E-state index contributed by atoms with van der Waals surface area (Å²) < 4.78 is 4.64. The Bertz CT molecular complexity index is 1730. The van der Waals surface area contributed by atoms with Gasteiger partial charge in [-0.25, -0.2) is 5.48 Å². The van der Waals surface area contributed by atoms with Crippen molar-refractivity contribution in [3.63, 3.8) is 0 Å². The van der Waals surface area contributed by atoms with E-state index in [9.17, 15) is 19.2 Å². The summed E-state index contributed by atoms with van der Waals surface area (Å²) >= 11 is 0. The summed E-state index contributed by atoms with van der Waals surface area (Å²) in [4.78, 5) is 50.8. The number of amides is 3. The number of aryl methyl sites for hydroxylation is 4. The van der Waals surface area contributed by atoms with Crippen molar-refractivity contribution < 1.29 is 29.1 Å². The van der Waals surface area contributed by atoms with Crippen molar-refractivity contribution in [2.45, 2.75) is 105 Å². The molecule has 3 amide bonds. The third-order valence-electron chi connectivity index (χ3n) is 10.8. The van der Waals surface area contributed by atoms with E-state index >= 15 is 0 Å². The first-order chi connectivity index (χ1) is 27.8. The zero-order valence-electron chi connectivity index (χ0n) is 35.9. The number of rotatable bonds is 20. The monoisotopic (exact) mass is 791 g/mol. The van der Waals surface area contributed by atoms with E-state index < -0.39 is 0 Å². The van der Waals surface area contributed by atoms with Crippen LogP contribution in [-0.4, -0.2) is 73.0 Å². The molecule has 0 bridgehead atoms. The Kier molecular flexibility index (Phi) is 20.4. The molecule has 0 radical (unpaired) electrons. The molecule has 0 aliphatic rings. The van der Waals surface area contributed by atoms with Gasteiger partial charge in [0.05, 0.1) is 7.11 Å². The maximum atomic E-state index is 12.6. The Morgan fingerprint density at radius 2 is 0.897 bits per heavy atom. The van der Waals surface area contributed by atoms with E-state index in [-0.39, 0.29) is 23.7 Å². The normalized spacial score (nSPS) is 10.6. The average molecular weight is 792 g/mol. The van der Waals surface area contributed by atoms with E-state index in [1.54, 1.807) is 15.3 Å². The lowest BCUT2D eigenvalue weighted by Gasteiger charge is -2.17. The van der Waals surface area contributed by atoms with Crippen molar-refractivity contribution in [1.29, 1.82) is 0 Å². The molecule has 0 spiro atoms. The van der Waals surface area contributed by atoms with Gasteiger partial charge >= 0.3 is 5.97 Å². The number of hydroxylamine groups is 1. The van der Waals surface area contributed by atoms with Crippen LogP contribution in [0.3, 0.4) is 0 Å². The minimum atomic E-state index is -0.349. The average Bonchev–Trinajstić information content (AvgIpc) is 3.23. The van der Waals surface area contributed by atoms with Crippen LogP contribution in [0, 0.1) is 27.7 Å². The maximum Gasteiger partial charge on any atom is 0.305 e. The molecular weight excluding hydrogens is 727 g/mol. The number of benzene rings is 4. The molecule has 2 N–H and O–H groups in total. The highest BCUT2D eigenvalue weighted by Gasteiger charge is 2.14. The topological polar surface area (TPSA) is 116 Å². The highest BCUT2D eigenvalue weighted by atomic mass is 16.5. The third-order valence-corrected chi connectivity index (χ3v) is 10.8. The number of carbonyl (C=O) groups is 4. The minimum absolute atomic E-state index is 0.0308. The smallest absolute Gasteiger partial charge is 0.305 e. The van der Waals surface area contributed by atoms with Crippen LogP contribution in [0.2, 0.25) is 0 Å². The summed E-state index contributed by atoms with van der Waals surface area (Å²) in [5, 5.41) is 8.45. The summed E-state index contributed by atoms with van der Waals surface area (Å²) in [7, 11) is 5.09. The van der Waals surface area contributed by atoms with Gasteiger partial charge in [-0.3, -0.25) is 24.4 Å². The number of nitrogens with one attached hydrogen (secondary N) is 1. The fraction of sp³-hybridized carbons (Fsp3) is 0.429. The molecular formula is C49H65N3O6. The molecule has 312 valence electrons. The van der Waals surface area contributed by atoms with Gasteiger partial charge in [0.1, 0.15) is 0 Å². The molecule has 4 rings (SSSR count). The molecule has 0 fully saturated rings. The highest BCUT2D eigenvalue weighted by Crippen LogP contribution is 2.20. The fourth-order valence-electron chi connectivity index (χ4n) is 6.96. The van der Waals surface area contributed by atoms with Crippen molar-refractivity contribution in [1.82, 2.24) is 15.3 Å². The van der Waals surface area contributed by atoms with Gasteiger partial charge in [0.25, 0.3) is 11.8 Å². The maximum absolute atomic E-state index is 12.6. The summed E-state index contributed by atoms with van der Waals surface area (Å²) in [5.74, 6) is -0.418. The quantitative estimate of drug-likeness (QED) is 0.0399. The van der Waals surface area contributed by atoms with E-state index in [4.69, 9.17) is 5.21 Å². The molecule has 0 aliphatic heterocycles. The molecule has 0 saturated carbocycles. The molecule has 0 saturated heterocycles. The van der Waals surface area contributed by atoms with Gasteiger partial charge in [-0.2, -0.15) is 0 Å². The van der Waals surface area contributed by atoms with E-state index in [1.807, 2.05) is 50.5 Å². The number of esters is 1. The van der Waals surface area contributed by atoms with E-state index in [1.165, 1.54) is 51.6 Å². The van der Waals surface area contributed by atoms with Gasteiger partial charge in [0, 0.05) is 51.2 Å². The number of ether oxygens (including phenoxy) is 1. The summed E-state index contributed by atoms with van der Waals surface area (Å²) in [6.45, 7) is 9.97. The standard InChI is InChI=1S/C25H33NO3.C24H32N2O3/c1-19-10-9-11-20(2)23(19)18-21-13-15-22(16-14-21)25(28)26(3)17-8-6-5-7-12-24(27)29-4;1-18-9-8-10-19(2)22(18)17-20-12-14-21(15-13-20)24(28)26(3)16-7-5-4-6-11-23(27)25-29/h9-11,13-16H,5-8,12,17-18H2,1-4H3;8-10,12-15,29H,4-7,11,16-17H2,1-3H3,(H,25,27). The van der Waals surface area contributed by atoms with Gasteiger partial charge in [-0.1, -0.05) is 86.3 Å². The van der Waals surface area contributed by atoms with Gasteiger partial charge in [-0.05, 0) is 135 Å². The molecule has 0 aliphatic carbocycles. The Morgan fingerprint density at radius 1 is 0.534 bits per heavy atom. The molecule has 0 aromatic heterocycles. The molecule has 4 aromatic rings. The van der Waals surface area contributed by atoms with Gasteiger partial charge in [0.15, 0.2) is 0 Å². The van der Waals surface area contributed by atoms with Crippen LogP contribution in [0.5, 0.6) is 0 Å². The van der Waals surface area contributed by atoms with E-state index in [0.29, 0.717) is 24.9 Å². The van der Waals surface area contributed by atoms with Crippen LogP contribution in [0.25, 0.3) is 0 Å². The number of hydrogen-bond acceptors (Lipinski definition) is 6. The Balaban J connectivity index is 0.000000310. The Labute approximate surface area is 346 Å². The van der Waals surface area contributed by atoms with Crippen LogP contribution >= 0.6 is 0 Å². The van der Waals surface area contributed by atoms with Crippen molar-refractivity contribution in [2.75, 3.05) is 34.3 Å². The number of carbonyl (C=O) groups excluding carboxylic acids is 4. The lowest BCUT2D eigenvalue weighted by Crippen LogP contribution is -2.27. The highest BCUT2D eigenvalue weighted by molar-refractivity contribution is 5.94. The second-order valence-corrected chi connectivity index (χ2v) is 15.4. The molecule has 0 unspecified atom stereocenters. The predicted molar refractivity (Wildman–Crippen MR) is 232 cm³/mol. The number of unbranched alkanes of at least 4 members (excludes halogenated alkanes) is 6. The van der Waals surface area contributed by atoms with Crippen molar-refractivity contribution in [3.05, 3.63) is 141 Å². The SMILES string of the molecule is COC(=O)CCCCCCN(C)C(=O)c1ccc(Cc2c(C)cccc2C)cc1.Cc1cccc(C)c1Cc1ccc(C(=O)N(C)CCCCCCC(=O)NO)cc1. The van der Waals surface area contributed by atoms with E-state index in [2.05, 4.69) is 81.0 Å². The molecule has 0 atom stereocenters. The van der Waals surface area contributed by atoms with Crippen LogP contribution in [-0.2, 0) is 27.2 Å². The van der Waals surface area contributed by atoms with Crippen molar-refractivity contribution in [3.8, 4) is 0 Å². The van der Waals surface area contributed by atoms with Crippen LogP contribution in [0.1, 0.15) is 129 Å². The number of nitrogens with zero attached hydrogens (tertiary/aromatic N) is 2. The number of methoxy groups -OCH3 is 1. The molecule has 0 heterocycles. The van der Waals surface area contributed by atoms with Gasteiger partial charge in [-0.15, -0.1) is 0 Å². The minimum Gasteiger partial charge on any atom is -0.469 e. The summed E-state index contributed by atoms with van der Waals surface area (Å²) in [5.41, 5.74) is 13.4. The summed E-state index contributed by atoms with van der Waals surface area (Å²) in [6.07, 6.45) is 9.81. The predicted octanol–water partition coefficient (Wildman–Crippen LogP) is 9.51. The van der Waals surface area contributed by atoms with Crippen molar-refractivity contribution in [2.24, 2.45) is 0 Å². The van der Waals surface area contributed by atoms with Crippen molar-refractivity contribution >= 4 is 23.7 Å². The Hall–Kier alpha value is -5.28. The second kappa shape index (κ2) is 25.2. The molecule has 58 heavy (non-hydrogen) atoms. The lowest BCUT2D eigenvalue weighted by molar-refractivity contribution is -0.140. The number of hydrogen-bond donors (Lipinski definition) is 2. The van der Waals surface area contributed by atoms with E-state index in [0.717, 1.165) is 76.3 Å². The third kappa shape index (κ3) is 15.9. The largest absolute Gasteiger partial charge is 0.469 e. The van der Waals surface area contributed by atoms with Gasteiger partial charge < -0.3 is 14.5 Å². The summed E-state index contributed by atoms with van der Waals surface area (Å²) in [6, 6.07) is 28.6. The molecule has 4 aromatic carbocycles. The van der Waals surface area contributed by atoms with Crippen LogP contribution in [0.4, 0.5) is 0 Å². The first-order valence-electron chi connectivity index (χ1n) is 20.6. The van der Waals surface area contributed by atoms with Gasteiger partial charge in [0.2, 0.25) is 5.91 Å². The van der Waals surface area contributed by atoms with Crippen LogP contribution in [0.15, 0.2) is 84.9 Å². The zero-order chi connectivity index (χ0) is 42.5. The Morgan fingerprint density at radius 3 is 1.26 bits per heavy atom. The first kappa shape index (κ1) is 47.1. The fourth-order valence-corrected chi connectivity index (χ4v) is 6.96. The lowest BCUT2D eigenvalue weighted by atomic mass is 9.96. The zero-order valence-corrected chi connectivity index (χ0v) is 35.9. The van der Waals surface area contributed by atoms with Crippen LogP contribution < -0.4 is 5.48 Å². The first-order valence-corrected chi connectivity index (χ1v) is 20.6. The second-order valence-electron chi connectivity index (χ2n) is 15.4. The molecule has 9 nitrogen and oxygen atoms in total. The molecule has 9 heteroatoms.